The number of ether oxygens (including phenoxy) is 1. The molecule has 0 bridgehead atoms. The third kappa shape index (κ3) is 1.88. The van der Waals surface area contributed by atoms with E-state index in [2.05, 4.69) is 16.0 Å². The molecule has 0 unspecified atom stereocenters. The predicted molar refractivity (Wildman–Crippen MR) is 71.7 cm³/mol. The van der Waals surface area contributed by atoms with Crippen LogP contribution in [-0.2, 0) is 5.41 Å². The zero-order chi connectivity index (χ0) is 13.3. The van der Waals surface area contributed by atoms with Crippen LogP contribution in [0.2, 0.25) is 0 Å². The molecular formula is C15H15N3O. The number of nitriles is 1. The first kappa shape index (κ1) is 11.8. The third-order valence-electron chi connectivity index (χ3n) is 3.85. The van der Waals surface area contributed by atoms with Crippen molar-refractivity contribution < 1.29 is 4.74 Å². The summed E-state index contributed by atoms with van der Waals surface area (Å²) in [5.74, 6) is 1.63. The van der Waals surface area contributed by atoms with Gasteiger partial charge in [-0.3, -0.25) is 0 Å². The normalized spacial score (nSPS) is 16.4. The van der Waals surface area contributed by atoms with Crippen LogP contribution in [0.1, 0.15) is 25.1 Å². The summed E-state index contributed by atoms with van der Waals surface area (Å²) in [5.41, 5.74) is 1.61. The van der Waals surface area contributed by atoms with Gasteiger partial charge in [-0.25, -0.2) is 4.98 Å². The van der Waals surface area contributed by atoms with Crippen LogP contribution in [0.5, 0.6) is 5.75 Å². The number of imidazole rings is 1. The minimum Gasteiger partial charge on any atom is -0.497 e. The highest BCUT2D eigenvalue weighted by molar-refractivity contribution is 5.60. The van der Waals surface area contributed by atoms with Gasteiger partial charge in [0.25, 0.3) is 0 Å². The maximum atomic E-state index is 9.31. The minimum atomic E-state index is -0.384. The fourth-order valence-corrected chi connectivity index (χ4v) is 2.41. The second kappa shape index (κ2) is 4.43. The maximum Gasteiger partial charge on any atom is 0.127 e. The summed E-state index contributed by atoms with van der Waals surface area (Å²) in [6.45, 7) is 0. The molecule has 1 fully saturated rings. The third-order valence-corrected chi connectivity index (χ3v) is 3.85. The number of benzene rings is 1. The molecule has 19 heavy (non-hydrogen) atoms. The average Bonchev–Trinajstić information content (AvgIpc) is 2.88. The van der Waals surface area contributed by atoms with Gasteiger partial charge in [-0.1, -0.05) is 0 Å². The number of hydrogen-bond donors (Lipinski definition) is 1. The molecule has 0 aliphatic heterocycles. The summed E-state index contributed by atoms with van der Waals surface area (Å²) in [6, 6.07) is 10.2. The Morgan fingerprint density at radius 3 is 2.58 bits per heavy atom. The first-order valence-corrected chi connectivity index (χ1v) is 6.38. The van der Waals surface area contributed by atoms with Gasteiger partial charge >= 0.3 is 0 Å². The van der Waals surface area contributed by atoms with Crippen molar-refractivity contribution in [3.63, 3.8) is 0 Å². The molecule has 4 heteroatoms. The first-order valence-electron chi connectivity index (χ1n) is 6.38. The van der Waals surface area contributed by atoms with Gasteiger partial charge in [0.05, 0.1) is 25.1 Å². The highest BCUT2D eigenvalue weighted by Gasteiger charge is 2.41. The number of nitrogens with one attached hydrogen (secondary N) is 1. The SMILES string of the molecule is COc1ccc(-c2cnc(C3(C#N)CCC3)[nH]2)cc1. The summed E-state index contributed by atoms with van der Waals surface area (Å²) in [6.07, 6.45) is 4.71. The van der Waals surface area contributed by atoms with Gasteiger partial charge in [0.1, 0.15) is 17.0 Å². The Labute approximate surface area is 112 Å². The van der Waals surface area contributed by atoms with Gasteiger partial charge in [0, 0.05) is 0 Å². The molecule has 0 radical (unpaired) electrons. The number of rotatable bonds is 3. The summed E-state index contributed by atoms with van der Waals surface area (Å²) in [4.78, 5) is 7.68. The Hall–Kier alpha value is -2.28. The molecular weight excluding hydrogens is 238 g/mol. The lowest BCUT2D eigenvalue weighted by Gasteiger charge is -2.32. The fourth-order valence-electron chi connectivity index (χ4n) is 2.41. The average molecular weight is 253 g/mol. The van der Waals surface area contributed by atoms with E-state index in [1.165, 1.54) is 0 Å². The van der Waals surface area contributed by atoms with Crippen molar-refractivity contribution in [3.8, 4) is 23.1 Å². The Kier molecular flexibility index (Phi) is 2.75. The van der Waals surface area contributed by atoms with E-state index < -0.39 is 0 Å². The molecule has 0 spiro atoms. The molecule has 1 saturated carbocycles. The molecule has 1 heterocycles. The van der Waals surface area contributed by atoms with E-state index in [9.17, 15) is 5.26 Å². The summed E-state index contributed by atoms with van der Waals surface area (Å²) < 4.78 is 5.14. The van der Waals surface area contributed by atoms with E-state index in [4.69, 9.17) is 4.74 Å². The van der Waals surface area contributed by atoms with E-state index >= 15 is 0 Å². The lowest BCUT2D eigenvalue weighted by Crippen LogP contribution is -2.33. The van der Waals surface area contributed by atoms with Gasteiger partial charge in [-0.15, -0.1) is 0 Å². The van der Waals surface area contributed by atoms with Gasteiger partial charge in [0.15, 0.2) is 0 Å². The topological polar surface area (TPSA) is 61.7 Å². The molecule has 1 aliphatic carbocycles. The number of nitrogens with zero attached hydrogens (tertiary/aromatic N) is 2. The lowest BCUT2D eigenvalue weighted by molar-refractivity contribution is 0.309. The highest BCUT2D eigenvalue weighted by atomic mass is 16.5. The quantitative estimate of drug-likeness (QED) is 0.914. The Bertz CT molecular complexity index is 618. The van der Waals surface area contributed by atoms with Crippen molar-refractivity contribution in [3.05, 3.63) is 36.3 Å². The highest BCUT2D eigenvalue weighted by Crippen LogP contribution is 2.42. The Balaban J connectivity index is 1.90. The molecule has 4 nitrogen and oxygen atoms in total. The van der Waals surface area contributed by atoms with Crippen molar-refractivity contribution >= 4 is 0 Å². The summed E-state index contributed by atoms with van der Waals surface area (Å²) in [7, 11) is 1.65. The van der Waals surface area contributed by atoms with E-state index in [1.54, 1.807) is 13.3 Å². The number of methoxy groups -OCH3 is 1. The van der Waals surface area contributed by atoms with E-state index in [-0.39, 0.29) is 5.41 Å². The molecule has 0 atom stereocenters. The molecule has 1 aromatic heterocycles. The van der Waals surface area contributed by atoms with Crippen molar-refractivity contribution in [1.29, 1.82) is 5.26 Å². The summed E-state index contributed by atoms with van der Waals surface area (Å²) in [5, 5.41) is 9.31. The molecule has 1 N–H and O–H groups in total. The number of aromatic amines is 1. The van der Waals surface area contributed by atoms with Crippen LogP contribution in [0.25, 0.3) is 11.3 Å². The van der Waals surface area contributed by atoms with Gasteiger partial charge in [0.2, 0.25) is 0 Å². The van der Waals surface area contributed by atoms with Crippen LogP contribution in [0.15, 0.2) is 30.5 Å². The smallest absolute Gasteiger partial charge is 0.127 e. The van der Waals surface area contributed by atoms with Crippen LogP contribution in [0.3, 0.4) is 0 Å². The van der Waals surface area contributed by atoms with Crippen molar-refractivity contribution in [2.45, 2.75) is 24.7 Å². The van der Waals surface area contributed by atoms with Gasteiger partial charge in [-0.2, -0.15) is 5.26 Å². The summed E-state index contributed by atoms with van der Waals surface area (Å²) >= 11 is 0. The molecule has 96 valence electrons. The largest absolute Gasteiger partial charge is 0.497 e. The van der Waals surface area contributed by atoms with E-state index in [0.29, 0.717) is 0 Å². The second-order valence-corrected chi connectivity index (χ2v) is 4.92. The van der Waals surface area contributed by atoms with Gasteiger partial charge < -0.3 is 9.72 Å². The van der Waals surface area contributed by atoms with Crippen molar-refractivity contribution in [1.82, 2.24) is 9.97 Å². The van der Waals surface area contributed by atoms with Crippen molar-refractivity contribution in [2.24, 2.45) is 0 Å². The van der Waals surface area contributed by atoms with E-state index in [0.717, 1.165) is 42.1 Å². The minimum absolute atomic E-state index is 0.384. The predicted octanol–water partition coefficient (Wildman–Crippen LogP) is 3.03. The second-order valence-electron chi connectivity index (χ2n) is 4.92. The monoisotopic (exact) mass is 253 g/mol. The lowest BCUT2D eigenvalue weighted by atomic mass is 9.69. The molecule has 3 rings (SSSR count). The molecule has 0 amide bonds. The number of aromatic nitrogens is 2. The standard InChI is InChI=1S/C15H15N3O/c1-19-12-5-3-11(4-6-12)13-9-17-14(18-13)15(10-16)7-2-8-15/h3-6,9H,2,7-8H2,1H3,(H,17,18). The maximum absolute atomic E-state index is 9.31. The van der Waals surface area contributed by atoms with Crippen LogP contribution in [-0.4, -0.2) is 17.1 Å². The Morgan fingerprint density at radius 1 is 1.32 bits per heavy atom. The van der Waals surface area contributed by atoms with Crippen LogP contribution in [0.4, 0.5) is 0 Å². The van der Waals surface area contributed by atoms with Crippen LogP contribution < -0.4 is 4.74 Å². The van der Waals surface area contributed by atoms with Crippen molar-refractivity contribution in [2.75, 3.05) is 7.11 Å². The number of H-pyrrole nitrogens is 1. The van der Waals surface area contributed by atoms with Crippen LogP contribution in [0, 0.1) is 11.3 Å². The molecule has 2 aromatic rings. The van der Waals surface area contributed by atoms with E-state index in [1.807, 2.05) is 24.3 Å². The molecule has 1 aliphatic rings. The zero-order valence-corrected chi connectivity index (χ0v) is 10.8. The molecule has 0 saturated heterocycles. The van der Waals surface area contributed by atoms with Crippen LogP contribution >= 0.6 is 0 Å². The molecule has 1 aromatic carbocycles. The number of hydrogen-bond acceptors (Lipinski definition) is 3. The zero-order valence-electron chi connectivity index (χ0n) is 10.8. The fraction of sp³-hybridized carbons (Fsp3) is 0.333. The Morgan fingerprint density at radius 2 is 2.05 bits per heavy atom. The first-order chi connectivity index (χ1) is 9.27. The van der Waals surface area contributed by atoms with Gasteiger partial charge in [-0.05, 0) is 49.1 Å².